The Labute approximate surface area is 252 Å². The van der Waals surface area contributed by atoms with Crippen LogP contribution in [-0.4, -0.2) is 51.4 Å². The lowest BCUT2D eigenvalue weighted by atomic mass is 9.43. The predicted octanol–water partition coefficient (Wildman–Crippen LogP) is 6.56. The van der Waals surface area contributed by atoms with Crippen LogP contribution in [-0.2, 0) is 10.4 Å². The smallest absolute Gasteiger partial charge is 0.222 e. The van der Waals surface area contributed by atoms with Gasteiger partial charge in [0.2, 0.25) is 5.91 Å². The van der Waals surface area contributed by atoms with Crippen LogP contribution in [0.4, 0.5) is 0 Å². The highest BCUT2D eigenvalue weighted by Crippen LogP contribution is 2.68. The Bertz CT molecular complexity index is 1100. The highest BCUT2D eigenvalue weighted by Gasteiger charge is 2.62. The summed E-state index contributed by atoms with van der Waals surface area (Å²) in [7, 11) is 0. The summed E-state index contributed by atoms with van der Waals surface area (Å²) in [5, 5.41) is 33.8. The summed E-state index contributed by atoms with van der Waals surface area (Å²) in [4.78, 5) is 15.2. The number of hydrogen-bond donors (Lipinski definition) is 3. The molecule has 0 spiro atoms. The molecule has 1 saturated heterocycles. The van der Waals surface area contributed by atoms with Crippen LogP contribution in [0.2, 0.25) is 5.02 Å². The van der Waals surface area contributed by atoms with E-state index in [-0.39, 0.29) is 28.9 Å². The second-order valence-electron chi connectivity index (χ2n) is 15.4. The summed E-state index contributed by atoms with van der Waals surface area (Å²) in [6.45, 7) is 8.54. The molecule has 6 heteroatoms. The van der Waals surface area contributed by atoms with Crippen LogP contribution in [0.25, 0.3) is 0 Å². The molecule has 5 fully saturated rings. The second kappa shape index (κ2) is 11.1. The van der Waals surface area contributed by atoms with Crippen molar-refractivity contribution < 1.29 is 20.1 Å². The largest absolute Gasteiger partial charge is 0.393 e. The van der Waals surface area contributed by atoms with Gasteiger partial charge in [0.05, 0.1) is 17.8 Å². The number of rotatable bonds is 5. The molecule has 6 rings (SSSR count). The van der Waals surface area contributed by atoms with Crippen LogP contribution in [0.15, 0.2) is 24.3 Å². The summed E-state index contributed by atoms with van der Waals surface area (Å²) in [6.07, 6.45) is 10.8. The van der Waals surface area contributed by atoms with Crippen molar-refractivity contribution in [3.63, 3.8) is 0 Å². The van der Waals surface area contributed by atoms with Crippen LogP contribution in [0.5, 0.6) is 0 Å². The SMILES string of the molecule is C[C@@H](CCC(=O)N1CCC(O)(c2ccc(Cl)cc2)CC1)[C@@H]1CC[C@@H]2[C@H]3[C@H](O)C[C@H]4C[C@@H](O)CC[C@@]4(C)[C@@H]3CC[C@]21C. The van der Waals surface area contributed by atoms with Crippen LogP contribution in [0, 0.1) is 46.3 Å². The number of amides is 1. The molecule has 228 valence electrons. The van der Waals surface area contributed by atoms with Gasteiger partial charge in [-0.1, -0.05) is 44.5 Å². The molecule has 0 aromatic heterocycles. The van der Waals surface area contributed by atoms with Crippen LogP contribution in [0.1, 0.15) is 103 Å². The zero-order valence-electron chi connectivity index (χ0n) is 25.4. The highest BCUT2D eigenvalue weighted by molar-refractivity contribution is 6.30. The van der Waals surface area contributed by atoms with Gasteiger partial charge in [-0.25, -0.2) is 0 Å². The average Bonchev–Trinajstić information content (AvgIpc) is 3.30. The Balaban J connectivity index is 1.05. The number of aliphatic hydroxyl groups excluding tert-OH is 2. The highest BCUT2D eigenvalue weighted by atomic mass is 35.5. The fourth-order valence-electron chi connectivity index (χ4n) is 11.1. The summed E-state index contributed by atoms with van der Waals surface area (Å²) in [6, 6.07) is 7.44. The van der Waals surface area contributed by atoms with E-state index in [9.17, 15) is 20.1 Å². The topological polar surface area (TPSA) is 81.0 Å². The lowest BCUT2D eigenvalue weighted by molar-refractivity contribution is -0.174. The number of aliphatic hydroxyl groups is 3. The third-order valence-corrected chi connectivity index (χ3v) is 13.8. The zero-order valence-corrected chi connectivity index (χ0v) is 26.2. The number of benzene rings is 1. The van der Waals surface area contributed by atoms with Crippen molar-refractivity contribution in [2.24, 2.45) is 46.3 Å². The molecule has 5 nitrogen and oxygen atoms in total. The number of fused-ring (bicyclic) bond motifs is 5. The second-order valence-corrected chi connectivity index (χ2v) is 15.8. The van der Waals surface area contributed by atoms with Crippen LogP contribution in [0.3, 0.4) is 0 Å². The van der Waals surface area contributed by atoms with Crippen molar-refractivity contribution in [1.29, 1.82) is 0 Å². The fraction of sp³-hybridized carbons (Fsp3) is 0.800. The molecule has 4 aliphatic carbocycles. The molecule has 0 bridgehead atoms. The summed E-state index contributed by atoms with van der Waals surface area (Å²) < 4.78 is 0. The first-order chi connectivity index (χ1) is 19.4. The number of carbonyl (C=O) groups is 1. The van der Waals surface area contributed by atoms with Gasteiger partial charge in [0.15, 0.2) is 0 Å². The minimum atomic E-state index is -0.890. The van der Waals surface area contributed by atoms with Crippen LogP contribution >= 0.6 is 11.6 Å². The third-order valence-electron chi connectivity index (χ3n) is 13.6. The average molecular weight is 586 g/mol. The van der Waals surface area contributed by atoms with E-state index in [1.54, 1.807) is 0 Å². The number of hydrogen-bond acceptors (Lipinski definition) is 4. The Hall–Kier alpha value is -1.14. The van der Waals surface area contributed by atoms with Crippen LogP contribution < -0.4 is 0 Å². The number of nitrogens with zero attached hydrogens (tertiary/aromatic N) is 1. The van der Waals surface area contributed by atoms with Gasteiger partial charge in [0, 0.05) is 24.5 Å². The lowest BCUT2D eigenvalue weighted by Crippen LogP contribution is -2.58. The van der Waals surface area contributed by atoms with Crippen molar-refractivity contribution in [2.45, 2.75) is 116 Å². The minimum Gasteiger partial charge on any atom is -0.393 e. The zero-order chi connectivity index (χ0) is 29.2. The van der Waals surface area contributed by atoms with Crippen molar-refractivity contribution in [1.82, 2.24) is 4.90 Å². The van der Waals surface area contributed by atoms with E-state index in [0.29, 0.717) is 72.9 Å². The summed E-state index contributed by atoms with van der Waals surface area (Å²) >= 11 is 6.03. The van der Waals surface area contributed by atoms with Gasteiger partial charge in [0.1, 0.15) is 0 Å². The Kier molecular flexibility index (Phi) is 8.09. The van der Waals surface area contributed by atoms with Crippen molar-refractivity contribution >= 4 is 17.5 Å². The molecule has 5 aliphatic rings. The molecule has 41 heavy (non-hydrogen) atoms. The van der Waals surface area contributed by atoms with E-state index < -0.39 is 5.60 Å². The molecule has 3 N–H and O–H groups in total. The number of likely N-dealkylation sites (tertiary alicyclic amines) is 1. The van der Waals surface area contributed by atoms with Gasteiger partial charge in [-0.15, -0.1) is 0 Å². The number of piperidine rings is 1. The van der Waals surface area contributed by atoms with Crippen molar-refractivity contribution in [3.05, 3.63) is 34.9 Å². The van der Waals surface area contributed by atoms with Gasteiger partial charge in [-0.3, -0.25) is 4.79 Å². The number of halogens is 1. The first-order valence-corrected chi connectivity index (χ1v) is 16.9. The van der Waals surface area contributed by atoms with E-state index in [0.717, 1.165) is 37.7 Å². The molecular formula is C35H52ClNO4. The Morgan fingerprint density at radius 1 is 0.951 bits per heavy atom. The maximum Gasteiger partial charge on any atom is 0.222 e. The standard InChI is InChI=1S/C35H52ClNO4/c1-22(4-11-31(40)37-18-16-35(41,17-19-37)23-5-7-25(36)8-6-23)27-9-10-28-32-29(13-15-34(27,28)3)33(2)14-12-26(38)20-24(33)21-30(32)39/h5-8,22,24,26-30,32,38-39,41H,4,9-21H2,1-3H3/t22-,24+,26-,27-,28+,29+,30+,32+,33+,34-/m0/s1. The van der Waals surface area contributed by atoms with Crippen molar-refractivity contribution in [3.8, 4) is 0 Å². The molecule has 1 heterocycles. The summed E-state index contributed by atoms with van der Waals surface area (Å²) in [5.41, 5.74) is 0.492. The third kappa shape index (κ3) is 5.19. The van der Waals surface area contributed by atoms with E-state index in [4.69, 9.17) is 11.6 Å². The van der Waals surface area contributed by atoms with E-state index in [1.165, 1.54) is 25.7 Å². The van der Waals surface area contributed by atoms with E-state index >= 15 is 0 Å². The molecule has 1 aromatic carbocycles. The fourth-order valence-corrected chi connectivity index (χ4v) is 11.2. The Morgan fingerprint density at radius 3 is 2.32 bits per heavy atom. The molecule has 0 unspecified atom stereocenters. The van der Waals surface area contributed by atoms with E-state index in [1.807, 2.05) is 29.2 Å². The molecule has 10 atom stereocenters. The van der Waals surface area contributed by atoms with Gasteiger partial charge in [-0.2, -0.15) is 0 Å². The first-order valence-electron chi connectivity index (χ1n) is 16.6. The molecule has 4 saturated carbocycles. The van der Waals surface area contributed by atoms with Gasteiger partial charge in [-0.05, 0) is 135 Å². The molecule has 1 amide bonds. The van der Waals surface area contributed by atoms with Gasteiger partial charge >= 0.3 is 0 Å². The summed E-state index contributed by atoms with van der Waals surface area (Å²) in [5.74, 6) is 3.28. The first kappa shape index (κ1) is 29.9. The normalized spacial score (nSPS) is 42.6. The van der Waals surface area contributed by atoms with E-state index in [2.05, 4.69) is 20.8 Å². The quantitative estimate of drug-likeness (QED) is 0.366. The Morgan fingerprint density at radius 2 is 1.61 bits per heavy atom. The molecule has 0 radical (unpaired) electrons. The monoisotopic (exact) mass is 585 g/mol. The van der Waals surface area contributed by atoms with Crippen molar-refractivity contribution in [2.75, 3.05) is 13.1 Å². The predicted molar refractivity (Wildman–Crippen MR) is 162 cm³/mol. The maximum atomic E-state index is 13.3. The maximum absolute atomic E-state index is 13.3. The molecule has 1 aromatic rings. The molecular weight excluding hydrogens is 534 g/mol. The number of carbonyl (C=O) groups excluding carboxylic acids is 1. The lowest BCUT2D eigenvalue weighted by Gasteiger charge is -2.62. The van der Waals surface area contributed by atoms with Gasteiger partial charge < -0.3 is 20.2 Å². The minimum absolute atomic E-state index is 0.190. The van der Waals surface area contributed by atoms with Gasteiger partial charge in [0.25, 0.3) is 0 Å². The molecule has 1 aliphatic heterocycles.